The van der Waals surface area contributed by atoms with E-state index < -0.39 is 5.97 Å². The second kappa shape index (κ2) is 11.6. The van der Waals surface area contributed by atoms with E-state index in [0.29, 0.717) is 13.0 Å². The van der Waals surface area contributed by atoms with Gasteiger partial charge in [0.15, 0.2) is 0 Å². The molecule has 2 aliphatic carbocycles. The van der Waals surface area contributed by atoms with Gasteiger partial charge in [-0.05, 0) is 146 Å². The molecule has 3 aromatic carbocycles. The quantitative estimate of drug-likeness (QED) is 0.267. The molecule has 2 fully saturated rings. The number of aryl methyl sites for hydroxylation is 4. The van der Waals surface area contributed by atoms with Crippen molar-refractivity contribution in [3.8, 4) is 16.9 Å². The number of hydrogen-bond acceptors (Lipinski definition) is 4. The molecule has 1 saturated carbocycles. The van der Waals surface area contributed by atoms with Crippen molar-refractivity contribution in [2.24, 2.45) is 5.41 Å². The molecule has 0 radical (unpaired) electrons. The summed E-state index contributed by atoms with van der Waals surface area (Å²) in [5.74, 6) is 0.348. The van der Waals surface area contributed by atoms with E-state index in [0.717, 1.165) is 63.8 Å². The number of carbonyl (C=O) groups excluding carboxylic acids is 2. The Morgan fingerprint density at radius 2 is 1.83 bits per heavy atom. The lowest BCUT2D eigenvalue weighted by Gasteiger charge is -2.20. The number of rotatable bonds is 11. The van der Waals surface area contributed by atoms with Crippen molar-refractivity contribution in [3.05, 3.63) is 87.5 Å². The van der Waals surface area contributed by atoms with Crippen molar-refractivity contribution in [1.82, 2.24) is 4.90 Å². The van der Waals surface area contributed by atoms with Gasteiger partial charge in [-0.3, -0.25) is 4.79 Å². The Balaban J connectivity index is 1.12. The van der Waals surface area contributed by atoms with Crippen LogP contribution in [-0.2, 0) is 28.9 Å². The summed E-state index contributed by atoms with van der Waals surface area (Å²) in [4.78, 5) is 25.2. The van der Waals surface area contributed by atoms with Crippen LogP contribution in [0, 0.1) is 26.2 Å². The molecule has 0 N–H and O–H groups in total. The van der Waals surface area contributed by atoms with Crippen molar-refractivity contribution in [1.29, 1.82) is 0 Å². The SMILES string of the molecule is Cc1cc(OCCCN2CCCC2=O)cc(C)c1-c1cccc(CCc2ccc3c(c2)CC2(CC2)C3CC(=O)[O-])c1C. The van der Waals surface area contributed by atoms with E-state index in [1.54, 1.807) is 0 Å². The molecule has 1 unspecified atom stereocenters. The van der Waals surface area contributed by atoms with E-state index in [4.69, 9.17) is 4.74 Å². The molecular formula is C37H42NO4-. The second-order valence-corrected chi connectivity index (χ2v) is 12.9. The number of benzene rings is 3. The van der Waals surface area contributed by atoms with Gasteiger partial charge in [0.25, 0.3) is 0 Å². The Labute approximate surface area is 249 Å². The number of carbonyl (C=O) groups is 2. The number of carboxylic acid groups (broad SMARTS) is 1. The number of likely N-dealkylation sites (tertiary alicyclic amines) is 1. The van der Waals surface area contributed by atoms with Crippen LogP contribution in [0.25, 0.3) is 11.1 Å². The van der Waals surface area contributed by atoms with Crippen molar-refractivity contribution < 1.29 is 19.4 Å². The summed E-state index contributed by atoms with van der Waals surface area (Å²) in [7, 11) is 0. The van der Waals surface area contributed by atoms with E-state index >= 15 is 0 Å². The summed E-state index contributed by atoms with van der Waals surface area (Å²) >= 11 is 0. The fourth-order valence-corrected chi connectivity index (χ4v) is 7.64. The van der Waals surface area contributed by atoms with Gasteiger partial charge < -0.3 is 19.5 Å². The first-order valence-corrected chi connectivity index (χ1v) is 15.7. The minimum absolute atomic E-state index is 0.120. The lowest BCUT2D eigenvalue weighted by atomic mass is 9.86. The molecule has 0 bridgehead atoms. The third-order valence-corrected chi connectivity index (χ3v) is 10.0. The normalized spacial score (nSPS) is 18.5. The summed E-state index contributed by atoms with van der Waals surface area (Å²) in [6, 6.07) is 17.7. The monoisotopic (exact) mass is 564 g/mol. The molecule has 1 aliphatic heterocycles. The first kappa shape index (κ1) is 28.5. The zero-order valence-corrected chi connectivity index (χ0v) is 25.3. The number of nitrogens with zero attached hydrogens (tertiary/aromatic N) is 1. The van der Waals surface area contributed by atoms with E-state index in [-0.39, 0.29) is 23.7 Å². The maximum absolute atomic E-state index is 11.8. The van der Waals surface area contributed by atoms with Crippen molar-refractivity contribution in [3.63, 3.8) is 0 Å². The number of carboxylic acids is 1. The summed E-state index contributed by atoms with van der Waals surface area (Å²) < 4.78 is 6.10. The van der Waals surface area contributed by atoms with Gasteiger partial charge >= 0.3 is 0 Å². The fourth-order valence-electron chi connectivity index (χ4n) is 7.64. The van der Waals surface area contributed by atoms with Crippen LogP contribution in [-0.4, -0.2) is 36.5 Å². The average molecular weight is 565 g/mol. The molecule has 1 atom stereocenters. The van der Waals surface area contributed by atoms with Crippen molar-refractivity contribution >= 4 is 11.9 Å². The maximum atomic E-state index is 11.8. The predicted octanol–water partition coefficient (Wildman–Crippen LogP) is 6.02. The van der Waals surface area contributed by atoms with Crippen LogP contribution in [0.5, 0.6) is 5.75 Å². The van der Waals surface area contributed by atoms with Crippen molar-refractivity contribution in [2.45, 2.75) is 84.5 Å². The molecule has 1 spiro atoms. The maximum Gasteiger partial charge on any atom is 0.222 e. The van der Waals surface area contributed by atoms with Gasteiger partial charge in [0.1, 0.15) is 5.75 Å². The van der Waals surface area contributed by atoms with E-state index in [1.165, 1.54) is 50.1 Å². The Kier molecular flexibility index (Phi) is 7.87. The molecule has 220 valence electrons. The predicted molar refractivity (Wildman–Crippen MR) is 164 cm³/mol. The smallest absolute Gasteiger partial charge is 0.222 e. The van der Waals surface area contributed by atoms with Crippen LogP contribution < -0.4 is 9.84 Å². The fraction of sp³-hybridized carbons (Fsp3) is 0.459. The molecular weight excluding hydrogens is 522 g/mol. The molecule has 3 aromatic rings. The Hall–Kier alpha value is -3.60. The number of aliphatic carboxylic acids is 1. The molecule has 1 heterocycles. The number of amides is 1. The van der Waals surface area contributed by atoms with Gasteiger partial charge in [-0.1, -0.05) is 36.4 Å². The van der Waals surface area contributed by atoms with Crippen LogP contribution in [0.3, 0.4) is 0 Å². The molecule has 6 rings (SSSR count). The topological polar surface area (TPSA) is 69.7 Å². The number of ether oxygens (including phenoxy) is 1. The van der Waals surface area contributed by atoms with E-state index in [9.17, 15) is 14.7 Å². The van der Waals surface area contributed by atoms with Crippen LogP contribution in [0.1, 0.15) is 83.4 Å². The zero-order valence-electron chi connectivity index (χ0n) is 25.3. The summed E-state index contributed by atoms with van der Waals surface area (Å²) in [5, 5.41) is 11.4. The third-order valence-electron chi connectivity index (χ3n) is 10.0. The van der Waals surface area contributed by atoms with Gasteiger partial charge in [-0.25, -0.2) is 0 Å². The standard InChI is InChI=1S/C37H43NO4/c1-24-19-30(42-18-6-17-38-16-5-9-34(38)39)20-25(2)36(24)31-8-4-7-28(26(31)3)12-10-27-11-13-32-29(21-27)23-37(14-15-37)33(32)22-35(40)41/h4,7-8,11,13,19-21,33H,5-6,9-10,12,14-18,22-23H2,1-3H3,(H,40,41)/p-1. The highest BCUT2D eigenvalue weighted by molar-refractivity contribution is 5.78. The van der Waals surface area contributed by atoms with Gasteiger partial charge in [0.05, 0.1) is 6.61 Å². The molecule has 5 nitrogen and oxygen atoms in total. The first-order valence-electron chi connectivity index (χ1n) is 15.7. The Morgan fingerprint density at radius 1 is 1.05 bits per heavy atom. The summed E-state index contributed by atoms with van der Waals surface area (Å²) in [6.45, 7) is 8.82. The molecule has 5 heteroatoms. The number of hydrogen-bond donors (Lipinski definition) is 0. The Bertz CT molecular complexity index is 1500. The van der Waals surface area contributed by atoms with Crippen LogP contribution >= 0.6 is 0 Å². The zero-order chi connectivity index (χ0) is 29.4. The summed E-state index contributed by atoms with van der Waals surface area (Å²) in [6.07, 6.45) is 7.85. The lowest BCUT2D eigenvalue weighted by molar-refractivity contribution is -0.306. The minimum Gasteiger partial charge on any atom is -0.550 e. The second-order valence-electron chi connectivity index (χ2n) is 12.9. The first-order chi connectivity index (χ1) is 20.2. The summed E-state index contributed by atoms with van der Waals surface area (Å²) in [5.41, 5.74) is 11.7. The van der Waals surface area contributed by atoms with Gasteiger partial charge in [0, 0.05) is 25.5 Å². The van der Waals surface area contributed by atoms with Gasteiger partial charge in [-0.15, -0.1) is 0 Å². The highest BCUT2D eigenvalue weighted by Gasteiger charge is 2.53. The molecule has 1 saturated heterocycles. The molecule has 0 aromatic heterocycles. The van der Waals surface area contributed by atoms with Crippen molar-refractivity contribution in [2.75, 3.05) is 19.7 Å². The van der Waals surface area contributed by atoms with Gasteiger partial charge in [0.2, 0.25) is 5.91 Å². The van der Waals surface area contributed by atoms with E-state index in [2.05, 4.69) is 69.3 Å². The van der Waals surface area contributed by atoms with Crippen LogP contribution in [0.4, 0.5) is 0 Å². The van der Waals surface area contributed by atoms with E-state index in [1.807, 2.05) is 4.90 Å². The highest BCUT2D eigenvalue weighted by Crippen LogP contribution is 2.64. The third kappa shape index (κ3) is 5.71. The highest BCUT2D eigenvalue weighted by atomic mass is 16.5. The molecule has 42 heavy (non-hydrogen) atoms. The number of fused-ring (bicyclic) bond motifs is 1. The van der Waals surface area contributed by atoms with Gasteiger partial charge in [-0.2, -0.15) is 0 Å². The Morgan fingerprint density at radius 3 is 2.52 bits per heavy atom. The van der Waals surface area contributed by atoms with Crippen LogP contribution in [0.2, 0.25) is 0 Å². The molecule has 3 aliphatic rings. The average Bonchev–Trinajstić information content (AvgIpc) is 3.51. The minimum atomic E-state index is -0.933. The molecule has 1 amide bonds. The largest absolute Gasteiger partial charge is 0.550 e. The lowest BCUT2D eigenvalue weighted by Crippen LogP contribution is -2.26. The van der Waals surface area contributed by atoms with Crippen LogP contribution in [0.15, 0.2) is 48.5 Å².